The van der Waals surface area contributed by atoms with Crippen LogP contribution in [0.25, 0.3) is 0 Å². The molecule has 2 atom stereocenters. The lowest BCUT2D eigenvalue weighted by Gasteiger charge is -2.32. The SMILES string of the molecule is CC(C)(C)OC(=O)C(C1CCCCC1)[C@H](N)C=O. The fourth-order valence-electron chi connectivity index (χ4n) is 2.61. The molecule has 104 valence electrons. The van der Waals surface area contributed by atoms with E-state index in [1.165, 1.54) is 6.42 Å². The number of ether oxygens (including phenoxy) is 1. The topological polar surface area (TPSA) is 69.4 Å². The lowest BCUT2D eigenvalue weighted by Crippen LogP contribution is -2.45. The molecule has 1 unspecified atom stereocenters. The Bertz CT molecular complexity index is 290. The molecule has 0 saturated heterocycles. The van der Waals surface area contributed by atoms with Crippen molar-refractivity contribution < 1.29 is 14.3 Å². The predicted octanol–water partition coefficient (Wildman–Crippen LogP) is 2.05. The van der Waals surface area contributed by atoms with Gasteiger partial charge in [-0.25, -0.2) is 0 Å². The Hall–Kier alpha value is -0.900. The fraction of sp³-hybridized carbons (Fsp3) is 0.857. The monoisotopic (exact) mass is 255 g/mol. The summed E-state index contributed by atoms with van der Waals surface area (Å²) in [5.74, 6) is -0.621. The van der Waals surface area contributed by atoms with E-state index in [4.69, 9.17) is 10.5 Å². The number of esters is 1. The van der Waals surface area contributed by atoms with Gasteiger partial charge in [-0.15, -0.1) is 0 Å². The van der Waals surface area contributed by atoms with E-state index >= 15 is 0 Å². The van der Waals surface area contributed by atoms with E-state index in [1.54, 1.807) is 0 Å². The Morgan fingerprint density at radius 1 is 1.28 bits per heavy atom. The molecule has 0 aromatic rings. The van der Waals surface area contributed by atoms with Crippen LogP contribution >= 0.6 is 0 Å². The average molecular weight is 255 g/mol. The first-order valence-corrected chi connectivity index (χ1v) is 6.79. The van der Waals surface area contributed by atoms with Crippen LogP contribution in [0.5, 0.6) is 0 Å². The maximum Gasteiger partial charge on any atom is 0.311 e. The van der Waals surface area contributed by atoms with Crippen molar-refractivity contribution in [1.29, 1.82) is 0 Å². The quantitative estimate of drug-likeness (QED) is 0.616. The molecule has 1 rings (SSSR count). The molecular weight excluding hydrogens is 230 g/mol. The van der Waals surface area contributed by atoms with E-state index < -0.39 is 17.6 Å². The summed E-state index contributed by atoms with van der Waals surface area (Å²) >= 11 is 0. The van der Waals surface area contributed by atoms with Crippen LogP contribution in [0.2, 0.25) is 0 Å². The van der Waals surface area contributed by atoms with Gasteiger partial charge < -0.3 is 15.3 Å². The second kappa shape index (κ2) is 6.32. The average Bonchev–Trinajstić information content (AvgIpc) is 2.28. The summed E-state index contributed by atoms with van der Waals surface area (Å²) in [4.78, 5) is 23.1. The van der Waals surface area contributed by atoms with Crippen LogP contribution in [0.15, 0.2) is 0 Å². The molecule has 1 fully saturated rings. The minimum atomic E-state index is -0.747. The number of hydrogen-bond acceptors (Lipinski definition) is 4. The summed E-state index contributed by atoms with van der Waals surface area (Å²) in [5, 5.41) is 0. The predicted molar refractivity (Wildman–Crippen MR) is 69.9 cm³/mol. The second-order valence-electron chi connectivity index (χ2n) is 6.17. The summed E-state index contributed by atoms with van der Waals surface area (Å²) in [7, 11) is 0. The Morgan fingerprint density at radius 3 is 2.28 bits per heavy atom. The van der Waals surface area contributed by atoms with Crippen molar-refractivity contribution in [2.75, 3.05) is 0 Å². The van der Waals surface area contributed by atoms with Crippen LogP contribution in [0.4, 0.5) is 0 Å². The molecule has 4 nitrogen and oxygen atoms in total. The highest BCUT2D eigenvalue weighted by atomic mass is 16.6. The highest BCUT2D eigenvalue weighted by molar-refractivity contribution is 5.79. The zero-order valence-electron chi connectivity index (χ0n) is 11.6. The van der Waals surface area contributed by atoms with Crippen molar-refractivity contribution in [1.82, 2.24) is 0 Å². The van der Waals surface area contributed by atoms with Gasteiger partial charge in [-0.3, -0.25) is 4.79 Å². The number of nitrogens with two attached hydrogens (primary N) is 1. The molecule has 0 amide bonds. The molecule has 1 aliphatic rings. The Labute approximate surface area is 109 Å². The molecule has 0 heterocycles. The van der Waals surface area contributed by atoms with Gasteiger partial charge in [0.2, 0.25) is 0 Å². The molecule has 4 heteroatoms. The zero-order chi connectivity index (χ0) is 13.8. The van der Waals surface area contributed by atoms with Gasteiger partial charge in [-0.2, -0.15) is 0 Å². The second-order valence-corrected chi connectivity index (χ2v) is 6.17. The Kier molecular flexibility index (Phi) is 5.32. The largest absolute Gasteiger partial charge is 0.460 e. The number of aldehydes is 1. The molecule has 1 saturated carbocycles. The summed E-state index contributed by atoms with van der Waals surface area (Å²) in [6, 6.07) is -0.747. The van der Waals surface area contributed by atoms with Crippen LogP contribution < -0.4 is 5.73 Å². The highest BCUT2D eigenvalue weighted by Crippen LogP contribution is 2.32. The van der Waals surface area contributed by atoms with Crippen LogP contribution in [0.3, 0.4) is 0 Å². The van der Waals surface area contributed by atoms with Gasteiger partial charge in [0, 0.05) is 0 Å². The lowest BCUT2D eigenvalue weighted by molar-refractivity contribution is -0.164. The standard InChI is InChI=1S/C14H25NO3/c1-14(2,3)18-13(17)12(11(15)9-16)10-7-5-4-6-8-10/h9-12H,4-8,15H2,1-3H3/t11-,12?/m1/s1. The first-order valence-electron chi connectivity index (χ1n) is 6.79. The van der Waals surface area contributed by atoms with Gasteiger partial charge in [0.05, 0.1) is 12.0 Å². The molecule has 2 N–H and O–H groups in total. The number of carbonyl (C=O) groups excluding carboxylic acids is 2. The maximum absolute atomic E-state index is 12.2. The van der Waals surface area contributed by atoms with Gasteiger partial charge in [-0.05, 0) is 39.5 Å². The van der Waals surface area contributed by atoms with E-state index in [1.807, 2.05) is 20.8 Å². The van der Waals surface area contributed by atoms with Crippen LogP contribution in [-0.4, -0.2) is 23.9 Å². The minimum absolute atomic E-state index is 0.189. The maximum atomic E-state index is 12.2. The molecular formula is C14H25NO3. The van der Waals surface area contributed by atoms with Crippen LogP contribution in [0.1, 0.15) is 52.9 Å². The van der Waals surface area contributed by atoms with Crippen molar-refractivity contribution in [2.45, 2.75) is 64.5 Å². The number of rotatable bonds is 4. The van der Waals surface area contributed by atoms with E-state index in [0.29, 0.717) is 6.29 Å². The summed E-state index contributed by atoms with van der Waals surface area (Å²) < 4.78 is 5.40. The number of carbonyl (C=O) groups is 2. The third-order valence-corrected chi connectivity index (χ3v) is 3.41. The first kappa shape index (κ1) is 15.2. The number of hydrogen-bond donors (Lipinski definition) is 1. The van der Waals surface area contributed by atoms with Crippen molar-refractivity contribution >= 4 is 12.3 Å². The van der Waals surface area contributed by atoms with Gasteiger partial charge in [0.1, 0.15) is 11.9 Å². The van der Waals surface area contributed by atoms with Crippen molar-refractivity contribution in [3.8, 4) is 0 Å². The minimum Gasteiger partial charge on any atom is -0.460 e. The highest BCUT2D eigenvalue weighted by Gasteiger charge is 2.37. The molecule has 0 spiro atoms. The zero-order valence-corrected chi connectivity index (χ0v) is 11.6. The summed E-state index contributed by atoms with van der Waals surface area (Å²) in [5.41, 5.74) is 5.26. The van der Waals surface area contributed by atoms with Gasteiger partial charge in [-0.1, -0.05) is 19.3 Å². The third kappa shape index (κ3) is 4.41. The van der Waals surface area contributed by atoms with Crippen LogP contribution in [-0.2, 0) is 14.3 Å². The molecule has 1 aliphatic carbocycles. The van der Waals surface area contributed by atoms with Gasteiger partial charge in [0.25, 0.3) is 0 Å². The molecule has 0 radical (unpaired) electrons. The van der Waals surface area contributed by atoms with Crippen molar-refractivity contribution in [3.05, 3.63) is 0 Å². The molecule has 0 aromatic carbocycles. The normalized spacial score (nSPS) is 21.1. The van der Waals surface area contributed by atoms with Crippen LogP contribution in [0, 0.1) is 11.8 Å². The lowest BCUT2D eigenvalue weighted by atomic mass is 9.77. The van der Waals surface area contributed by atoms with E-state index in [0.717, 1.165) is 25.7 Å². The van der Waals surface area contributed by atoms with Gasteiger partial charge >= 0.3 is 5.97 Å². The molecule has 18 heavy (non-hydrogen) atoms. The third-order valence-electron chi connectivity index (χ3n) is 3.41. The summed E-state index contributed by atoms with van der Waals surface area (Å²) in [6.07, 6.45) is 6.01. The molecule has 0 aliphatic heterocycles. The van der Waals surface area contributed by atoms with E-state index in [-0.39, 0.29) is 11.9 Å². The van der Waals surface area contributed by atoms with E-state index in [2.05, 4.69) is 0 Å². The molecule has 0 aromatic heterocycles. The Morgan fingerprint density at radius 2 is 1.83 bits per heavy atom. The van der Waals surface area contributed by atoms with Crippen molar-refractivity contribution in [3.63, 3.8) is 0 Å². The fourth-order valence-corrected chi connectivity index (χ4v) is 2.61. The van der Waals surface area contributed by atoms with Gasteiger partial charge in [0.15, 0.2) is 0 Å². The van der Waals surface area contributed by atoms with Crippen molar-refractivity contribution in [2.24, 2.45) is 17.6 Å². The Balaban J connectivity index is 2.76. The smallest absolute Gasteiger partial charge is 0.311 e. The summed E-state index contributed by atoms with van der Waals surface area (Å²) in [6.45, 7) is 5.49. The molecule has 0 bridgehead atoms. The first-order chi connectivity index (χ1) is 8.35. The van der Waals surface area contributed by atoms with E-state index in [9.17, 15) is 9.59 Å².